The summed E-state index contributed by atoms with van der Waals surface area (Å²) in [5, 5.41) is 6.86. The topological polar surface area (TPSA) is 98.8 Å². The number of aliphatic imine (C=N–C) groups is 1. The van der Waals surface area contributed by atoms with Gasteiger partial charge >= 0.3 is 0 Å². The second-order valence-electron chi connectivity index (χ2n) is 9.03. The summed E-state index contributed by atoms with van der Waals surface area (Å²) in [5.41, 5.74) is 9.57. The highest BCUT2D eigenvalue weighted by atomic mass is 35.5. The normalized spacial score (nSPS) is 39.0. The van der Waals surface area contributed by atoms with E-state index >= 15 is 0 Å². The van der Waals surface area contributed by atoms with Gasteiger partial charge in [-0.2, -0.15) is 0 Å². The standard InChI is InChI=1S/C20H35ClN6O2/c1-12-16(11-22-29-12)19(28)25-20(23-15-4-2-3-5-15)24-18-10-17(26-27-18)13-6-8-14(21)9-7-13/h12-18,22,26-27H,2-11H2,1H3,(H2,23,24,25,28). The van der Waals surface area contributed by atoms with Crippen molar-refractivity contribution in [3.05, 3.63) is 0 Å². The minimum absolute atomic E-state index is 0.0466. The van der Waals surface area contributed by atoms with Crippen LogP contribution in [0.1, 0.15) is 64.7 Å². The van der Waals surface area contributed by atoms with Gasteiger partial charge in [0.15, 0.2) is 5.96 Å². The van der Waals surface area contributed by atoms with Gasteiger partial charge in [-0.1, -0.05) is 12.8 Å². The summed E-state index contributed by atoms with van der Waals surface area (Å²) in [7, 11) is 0. The summed E-state index contributed by atoms with van der Waals surface area (Å²) in [5.74, 6) is 0.972. The number of hydrogen-bond acceptors (Lipinski definition) is 6. The number of halogens is 1. The predicted molar refractivity (Wildman–Crippen MR) is 113 cm³/mol. The molecule has 1 amide bonds. The first-order chi connectivity index (χ1) is 14.1. The van der Waals surface area contributed by atoms with E-state index in [-0.39, 0.29) is 24.1 Å². The van der Waals surface area contributed by atoms with Crippen molar-refractivity contribution in [1.29, 1.82) is 0 Å². The lowest BCUT2D eigenvalue weighted by Crippen LogP contribution is -2.49. The van der Waals surface area contributed by atoms with Crippen LogP contribution in [0.4, 0.5) is 0 Å². The molecule has 2 saturated heterocycles. The number of rotatable bonds is 4. The van der Waals surface area contributed by atoms with Gasteiger partial charge in [0.25, 0.3) is 0 Å². The van der Waals surface area contributed by atoms with Crippen LogP contribution in [0.2, 0.25) is 0 Å². The molecule has 0 bridgehead atoms. The number of guanidine groups is 1. The van der Waals surface area contributed by atoms with Crippen LogP contribution in [0.25, 0.3) is 0 Å². The third kappa shape index (κ3) is 5.61. The highest BCUT2D eigenvalue weighted by Crippen LogP contribution is 2.32. The zero-order valence-electron chi connectivity index (χ0n) is 17.3. The number of hydrogen-bond donors (Lipinski definition) is 5. The summed E-state index contributed by atoms with van der Waals surface area (Å²) >= 11 is 6.26. The predicted octanol–water partition coefficient (Wildman–Crippen LogP) is 1.52. The van der Waals surface area contributed by atoms with Crippen LogP contribution in [-0.4, -0.2) is 48.1 Å². The molecule has 2 aliphatic carbocycles. The highest BCUT2D eigenvalue weighted by Gasteiger charge is 2.34. The fraction of sp³-hybridized carbons (Fsp3) is 0.900. The molecular weight excluding hydrogens is 392 g/mol. The van der Waals surface area contributed by atoms with Crippen molar-refractivity contribution in [3.63, 3.8) is 0 Å². The van der Waals surface area contributed by atoms with E-state index in [1.165, 1.54) is 25.7 Å². The van der Waals surface area contributed by atoms with E-state index in [2.05, 4.69) is 27.0 Å². The van der Waals surface area contributed by atoms with Gasteiger partial charge in [-0.15, -0.1) is 11.6 Å². The van der Waals surface area contributed by atoms with Crippen LogP contribution in [0.15, 0.2) is 4.99 Å². The molecule has 2 aliphatic heterocycles. The highest BCUT2D eigenvalue weighted by molar-refractivity contribution is 6.20. The van der Waals surface area contributed by atoms with Gasteiger partial charge in [-0.25, -0.2) is 15.9 Å². The van der Waals surface area contributed by atoms with Crippen LogP contribution in [0.3, 0.4) is 0 Å². The van der Waals surface area contributed by atoms with Crippen molar-refractivity contribution in [2.45, 2.75) is 94.4 Å². The van der Waals surface area contributed by atoms with E-state index in [0.29, 0.717) is 35.9 Å². The van der Waals surface area contributed by atoms with E-state index < -0.39 is 0 Å². The monoisotopic (exact) mass is 426 g/mol. The lowest BCUT2D eigenvalue weighted by molar-refractivity contribution is -0.124. The lowest BCUT2D eigenvalue weighted by Gasteiger charge is -2.29. The molecule has 2 heterocycles. The largest absolute Gasteiger partial charge is 0.353 e. The smallest absolute Gasteiger partial charge is 0.233 e. The Morgan fingerprint density at radius 1 is 1.10 bits per heavy atom. The summed E-state index contributed by atoms with van der Waals surface area (Å²) in [6.45, 7) is 2.44. The van der Waals surface area contributed by atoms with Crippen LogP contribution in [0, 0.1) is 11.8 Å². The Labute approximate surface area is 178 Å². The Kier molecular flexibility index (Phi) is 7.29. The van der Waals surface area contributed by atoms with Gasteiger partial charge in [-0.05, 0) is 51.4 Å². The number of alkyl halides is 1. The van der Waals surface area contributed by atoms with Crippen molar-refractivity contribution in [1.82, 2.24) is 27.0 Å². The minimum atomic E-state index is -0.210. The molecule has 0 aromatic rings. The number of carbonyl (C=O) groups is 1. The first-order valence-electron chi connectivity index (χ1n) is 11.3. The lowest BCUT2D eigenvalue weighted by atomic mass is 9.83. The molecule has 4 rings (SSSR count). The molecule has 0 aromatic carbocycles. The van der Waals surface area contributed by atoms with Crippen molar-refractivity contribution < 1.29 is 9.63 Å². The molecule has 4 atom stereocenters. The molecular formula is C20H35ClN6O2. The number of nitrogens with zero attached hydrogens (tertiary/aromatic N) is 1. The molecule has 0 radical (unpaired) electrons. The van der Waals surface area contributed by atoms with E-state index in [1.54, 1.807) is 0 Å². The summed E-state index contributed by atoms with van der Waals surface area (Å²) < 4.78 is 0. The van der Waals surface area contributed by atoms with Crippen molar-refractivity contribution in [2.24, 2.45) is 16.8 Å². The Morgan fingerprint density at radius 3 is 2.55 bits per heavy atom. The number of hydroxylamine groups is 1. The summed E-state index contributed by atoms with van der Waals surface area (Å²) in [6, 6.07) is 0.789. The summed E-state index contributed by atoms with van der Waals surface area (Å²) in [4.78, 5) is 22.9. The van der Waals surface area contributed by atoms with Gasteiger partial charge in [-0.3, -0.25) is 20.4 Å². The first kappa shape index (κ1) is 21.3. The molecule has 164 valence electrons. The maximum absolute atomic E-state index is 12.8. The third-order valence-corrected chi connectivity index (χ3v) is 7.32. The quantitative estimate of drug-likeness (QED) is 0.265. The van der Waals surface area contributed by atoms with Gasteiger partial charge < -0.3 is 5.32 Å². The molecule has 29 heavy (non-hydrogen) atoms. The van der Waals surface area contributed by atoms with Crippen molar-refractivity contribution in [2.75, 3.05) is 6.54 Å². The number of nitrogens with one attached hydrogen (secondary N) is 5. The molecule has 0 spiro atoms. The number of amides is 1. The van der Waals surface area contributed by atoms with Gasteiger partial charge in [0.1, 0.15) is 6.17 Å². The van der Waals surface area contributed by atoms with Crippen LogP contribution in [-0.2, 0) is 9.63 Å². The maximum atomic E-state index is 12.8. The molecule has 2 saturated carbocycles. The minimum Gasteiger partial charge on any atom is -0.353 e. The number of carbonyl (C=O) groups excluding carboxylic acids is 1. The molecule has 4 fully saturated rings. The van der Waals surface area contributed by atoms with E-state index in [1.807, 2.05) is 6.92 Å². The second-order valence-corrected chi connectivity index (χ2v) is 9.65. The van der Waals surface area contributed by atoms with E-state index in [0.717, 1.165) is 32.1 Å². The van der Waals surface area contributed by atoms with Crippen LogP contribution >= 0.6 is 11.6 Å². The molecule has 5 N–H and O–H groups in total. The first-order valence-corrected chi connectivity index (χ1v) is 11.7. The fourth-order valence-corrected chi connectivity index (χ4v) is 5.25. The number of hydrazine groups is 1. The SMILES string of the molecule is CC1ONCC1C(=O)N/C(=N\C1CC(C2CCC(Cl)CC2)NN1)NC1CCCC1. The summed E-state index contributed by atoms with van der Waals surface area (Å²) in [6.07, 6.45) is 9.96. The average Bonchev–Trinajstić information content (AvgIpc) is 3.45. The van der Waals surface area contributed by atoms with Crippen molar-refractivity contribution >= 4 is 23.5 Å². The molecule has 0 aromatic heterocycles. The zero-order valence-corrected chi connectivity index (χ0v) is 18.0. The van der Waals surface area contributed by atoms with Crippen LogP contribution < -0.4 is 27.0 Å². The average molecular weight is 427 g/mol. The van der Waals surface area contributed by atoms with Gasteiger partial charge in [0, 0.05) is 30.4 Å². The van der Waals surface area contributed by atoms with E-state index in [9.17, 15) is 4.79 Å². The Morgan fingerprint density at radius 2 is 1.86 bits per heavy atom. The van der Waals surface area contributed by atoms with Gasteiger partial charge in [0.2, 0.25) is 5.91 Å². The van der Waals surface area contributed by atoms with Crippen molar-refractivity contribution in [3.8, 4) is 0 Å². The Balaban J connectivity index is 1.37. The molecule has 4 aliphatic rings. The van der Waals surface area contributed by atoms with E-state index in [4.69, 9.17) is 21.4 Å². The third-order valence-electron chi connectivity index (χ3n) is 6.88. The molecule has 9 heteroatoms. The second kappa shape index (κ2) is 9.92. The maximum Gasteiger partial charge on any atom is 0.233 e. The fourth-order valence-electron chi connectivity index (χ4n) is 5.00. The zero-order chi connectivity index (χ0) is 20.2. The molecule has 4 unspecified atom stereocenters. The Hall–Kier alpha value is -0.930. The molecule has 8 nitrogen and oxygen atoms in total. The van der Waals surface area contributed by atoms with Gasteiger partial charge in [0.05, 0.1) is 12.0 Å². The Bertz CT molecular complexity index is 592. The van der Waals surface area contributed by atoms with Crippen LogP contribution in [0.5, 0.6) is 0 Å².